The third-order valence-corrected chi connectivity index (χ3v) is 3.83. The van der Waals surface area contributed by atoms with Crippen molar-refractivity contribution in [3.63, 3.8) is 0 Å². The Hall–Kier alpha value is -1.16. The lowest BCUT2D eigenvalue weighted by Gasteiger charge is -2.29. The van der Waals surface area contributed by atoms with E-state index >= 15 is 0 Å². The van der Waals surface area contributed by atoms with Crippen LogP contribution in [0, 0.1) is 10.6 Å². The molecule has 1 aliphatic rings. The average molecular weight is 250 g/mol. The van der Waals surface area contributed by atoms with Crippen LogP contribution in [0.1, 0.15) is 43.0 Å². The Morgan fingerprint density at radius 1 is 1.47 bits per heavy atom. The normalized spacial score (nSPS) is 24.3. The first-order valence-electron chi connectivity index (χ1n) is 6.17. The molecule has 0 spiro atoms. The van der Waals surface area contributed by atoms with Crippen LogP contribution < -0.4 is 5.32 Å². The summed E-state index contributed by atoms with van der Waals surface area (Å²) >= 11 is 5.11. The molecule has 1 aliphatic carbocycles. The molecule has 3 nitrogen and oxygen atoms in total. The number of hydrogen-bond acceptors (Lipinski definition) is 2. The van der Waals surface area contributed by atoms with Crippen molar-refractivity contribution in [3.8, 4) is 0 Å². The maximum atomic E-state index is 12.1. The van der Waals surface area contributed by atoms with E-state index in [1.54, 1.807) is 18.3 Å². The smallest absolute Gasteiger partial charge is 0.254 e. The number of H-pyrrole nitrogens is 1. The molecule has 2 atom stereocenters. The summed E-state index contributed by atoms with van der Waals surface area (Å²) in [6.07, 6.45) is 6.50. The van der Waals surface area contributed by atoms with Crippen molar-refractivity contribution >= 4 is 18.1 Å². The molecule has 0 radical (unpaired) electrons. The van der Waals surface area contributed by atoms with Gasteiger partial charge in [0.05, 0.1) is 5.56 Å². The van der Waals surface area contributed by atoms with Crippen molar-refractivity contribution < 1.29 is 4.79 Å². The fourth-order valence-electron chi connectivity index (χ4n) is 2.38. The van der Waals surface area contributed by atoms with Crippen LogP contribution in [0.5, 0.6) is 0 Å². The summed E-state index contributed by atoms with van der Waals surface area (Å²) in [7, 11) is 0. The molecule has 4 heteroatoms. The Balaban J connectivity index is 2.06. The summed E-state index contributed by atoms with van der Waals surface area (Å²) in [4.78, 5) is 15.0. The zero-order valence-electron chi connectivity index (χ0n) is 10.0. The second kappa shape index (κ2) is 5.45. The van der Waals surface area contributed by atoms with Crippen LogP contribution in [-0.4, -0.2) is 16.9 Å². The number of amides is 1. The lowest BCUT2D eigenvalue weighted by Crippen LogP contribution is -2.41. The topological polar surface area (TPSA) is 44.9 Å². The summed E-state index contributed by atoms with van der Waals surface area (Å²) in [5.41, 5.74) is 0.570. The van der Waals surface area contributed by atoms with Crippen LogP contribution in [-0.2, 0) is 0 Å². The van der Waals surface area contributed by atoms with E-state index in [9.17, 15) is 4.79 Å². The van der Waals surface area contributed by atoms with Crippen LogP contribution in [0.3, 0.4) is 0 Å². The Bertz CT molecular complexity index is 455. The summed E-state index contributed by atoms with van der Waals surface area (Å²) in [6.45, 7) is 2.20. The molecule has 2 N–H and O–H groups in total. The monoisotopic (exact) mass is 250 g/mol. The van der Waals surface area contributed by atoms with Crippen molar-refractivity contribution in [2.45, 2.75) is 38.6 Å². The highest BCUT2D eigenvalue weighted by atomic mass is 32.1. The second-order valence-corrected chi connectivity index (χ2v) is 5.16. The molecule has 0 aliphatic heterocycles. The number of hydrogen-bond donors (Lipinski definition) is 2. The van der Waals surface area contributed by atoms with Crippen LogP contribution in [0.25, 0.3) is 0 Å². The van der Waals surface area contributed by atoms with Crippen LogP contribution in [0.4, 0.5) is 0 Å². The van der Waals surface area contributed by atoms with E-state index in [2.05, 4.69) is 17.2 Å². The van der Waals surface area contributed by atoms with Crippen molar-refractivity contribution in [3.05, 3.63) is 28.5 Å². The molecule has 0 bridgehead atoms. The van der Waals surface area contributed by atoms with E-state index in [0.29, 0.717) is 22.2 Å². The summed E-state index contributed by atoms with van der Waals surface area (Å²) < 4.78 is 0.508. The van der Waals surface area contributed by atoms with Gasteiger partial charge in [-0.1, -0.05) is 32.0 Å². The van der Waals surface area contributed by atoms with Crippen LogP contribution in [0.15, 0.2) is 18.3 Å². The van der Waals surface area contributed by atoms with Gasteiger partial charge in [-0.15, -0.1) is 0 Å². The Morgan fingerprint density at radius 2 is 2.24 bits per heavy atom. The lowest BCUT2D eigenvalue weighted by atomic mass is 9.86. The molecule has 1 heterocycles. The predicted octanol–water partition coefficient (Wildman–Crippen LogP) is 3.05. The van der Waals surface area contributed by atoms with Gasteiger partial charge in [0.25, 0.3) is 5.91 Å². The molecule has 0 unspecified atom stereocenters. The highest BCUT2D eigenvalue weighted by Crippen LogP contribution is 2.23. The number of pyridine rings is 1. The largest absolute Gasteiger partial charge is 0.352 e. The average Bonchev–Trinajstić information content (AvgIpc) is 2.32. The molecular weight excluding hydrogens is 232 g/mol. The maximum Gasteiger partial charge on any atom is 0.254 e. The quantitative estimate of drug-likeness (QED) is 0.792. The van der Waals surface area contributed by atoms with E-state index in [1.807, 2.05) is 0 Å². The molecular formula is C13H18N2OS. The van der Waals surface area contributed by atoms with Crippen molar-refractivity contribution in [1.29, 1.82) is 0 Å². The SMILES string of the molecule is C[C@H]1CCCC[C@@H]1NC(=O)c1ccc[nH]c1=S. The first-order valence-corrected chi connectivity index (χ1v) is 6.58. The molecule has 0 saturated heterocycles. The van der Waals surface area contributed by atoms with Crippen molar-refractivity contribution in [1.82, 2.24) is 10.3 Å². The maximum absolute atomic E-state index is 12.1. The van der Waals surface area contributed by atoms with E-state index in [-0.39, 0.29) is 5.91 Å². The molecule has 17 heavy (non-hydrogen) atoms. The van der Waals surface area contributed by atoms with Gasteiger partial charge in [0.1, 0.15) is 4.64 Å². The molecule has 1 amide bonds. The van der Waals surface area contributed by atoms with E-state index < -0.39 is 0 Å². The minimum absolute atomic E-state index is 0.0504. The summed E-state index contributed by atoms with van der Waals surface area (Å²) in [5, 5.41) is 3.10. The van der Waals surface area contributed by atoms with Gasteiger partial charge in [-0.05, 0) is 30.9 Å². The van der Waals surface area contributed by atoms with Crippen molar-refractivity contribution in [2.24, 2.45) is 5.92 Å². The Kier molecular flexibility index (Phi) is 3.94. The molecule has 1 saturated carbocycles. The molecule has 92 valence electrons. The van der Waals surface area contributed by atoms with Gasteiger partial charge in [0, 0.05) is 12.2 Å². The Morgan fingerprint density at radius 3 is 2.94 bits per heavy atom. The highest BCUT2D eigenvalue weighted by molar-refractivity contribution is 7.71. The van der Waals surface area contributed by atoms with Gasteiger partial charge in [0.15, 0.2) is 0 Å². The summed E-state index contributed by atoms with van der Waals surface area (Å²) in [6, 6.07) is 3.86. The molecule has 1 aromatic heterocycles. The third-order valence-electron chi connectivity index (χ3n) is 3.49. The first kappa shape index (κ1) is 12.3. The number of rotatable bonds is 2. The number of carbonyl (C=O) groups is 1. The van der Waals surface area contributed by atoms with Gasteiger partial charge in [0.2, 0.25) is 0 Å². The summed E-state index contributed by atoms with van der Waals surface area (Å²) in [5.74, 6) is 0.513. The lowest BCUT2D eigenvalue weighted by molar-refractivity contribution is 0.0909. The number of aromatic nitrogens is 1. The first-order chi connectivity index (χ1) is 8.18. The van der Waals surface area contributed by atoms with Gasteiger partial charge in [-0.25, -0.2) is 0 Å². The standard InChI is InChI=1S/C13H18N2OS/c1-9-5-2-3-7-11(9)15-12(16)10-6-4-8-14-13(10)17/h4,6,8-9,11H,2-3,5,7H2,1H3,(H,14,17)(H,15,16)/t9-,11-/m0/s1. The number of carbonyl (C=O) groups excluding carboxylic acids is 1. The third kappa shape index (κ3) is 2.94. The fourth-order valence-corrected chi connectivity index (χ4v) is 2.61. The zero-order chi connectivity index (χ0) is 12.3. The Labute approximate surface area is 107 Å². The highest BCUT2D eigenvalue weighted by Gasteiger charge is 2.23. The van der Waals surface area contributed by atoms with Gasteiger partial charge >= 0.3 is 0 Å². The minimum Gasteiger partial charge on any atom is -0.352 e. The van der Waals surface area contributed by atoms with Crippen LogP contribution in [0.2, 0.25) is 0 Å². The molecule has 0 aromatic carbocycles. The van der Waals surface area contributed by atoms with Crippen molar-refractivity contribution in [2.75, 3.05) is 0 Å². The van der Waals surface area contributed by atoms with Gasteiger partial charge < -0.3 is 10.3 Å². The molecule has 2 rings (SSSR count). The van der Waals surface area contributed by atoms with E-state index in [1.165, 1.54) is 19.3 Å². The van der Waals surface area contributed by atoms with E-state index in [0.717, 1.165) is 6.42 Å². The number of aromatic amines is 1. The minimum atomic E-state index is -0.0504. The van der Waals surface area contributed by atoms with Crippen LogP contribution >= 0.6 is 12.2 Å². The van der Waals surface area contributed by atoms with Gasteiger partial charge in [-0.3, -0.25) is 4.79 Å². The molecule has 1 fully saturated rings. The number of nitrogens with one attached hydrogen (secondary N) is 2. The predicted molar refractivity (Wildman–Crippen MR) is 70.5 cm³/mol. The molecule has 1 aromatic rings. The zero-order valence-corrected chi connectivity index (χ0v) is 10.8. The van der Waals surface area contributed by atoms with E-state index in [4.69, 9.17) is 12.2 Å². The second-order valence-electron chi connectivity index (χ2n) is 4.75. The fraction of sp³-hybridized carbons (Fsp3) is 0.538. The van der Waals surface area contributed by atoms with Gasteiger partial charge in [-0.2, -0.15) is 0 Å².